The highest BCUT2D eigenvalue weighted by molar-refractivity contribution is 7.89. The number of benzene rings is 2. The highest BCUT2D eigenvalue weighted by atomic mass is 35.5. The molecule has 2 aromatic rings. The third-order valence-electron chi connectivity index (χ3n) is 4.29. The second-order valence-electron chi connectivity index (χ2n) is 5.77. The standard InChI is InChI=1S/C16H15ClN2O4S/c17-13-8-6-12(7-9-13)16(10-3-11-16)18-24(22,23)15-5-2-1-4-14(15)19(20)21/h1-2,4-9,18H,3,10-11H2. The Hall–Kier alpha value is -1.96. The molecule has 0 spiro atoms. The highest BCUT2D eigenvalue weighted by Gasteiger charge is 2.43. The van der Waals surface area contributed by atoms with Crippen LogP contribution in [0.4, 0.5) is 5.69 Å². The van der Waals surface area contributed by atoms with Crippen molar-refractivity contribution in [3.05, 3.63) is 69.2 Å². The zero-order valence-corrected chi connectivity index (χ0v) is 14.2. The molecule has 0 saturated heterocycles. The van der Waals surface area contributed by atoms with Gasteiger partial charge in [-0.05, 0) is 43.0 Å². The third-order valence-corrected chi connectivity index (χ3v) is 6.12. The summed E-state index contributed by atoms with van der Waals surface area (Å²) in [6.07, 6.45) is 2.14. The number of nitro groups is 1. The topological polar surface area (TPSA) is 89.3 Å². The number of nitrogens with zero attached hydrogens (tertiary/aromatic N) is 1. The van der Waals surface area contributed by atoms with E-state index in [4.69, 9.17) is 11.6 Å². The van der Waals surface area contributed by atoms with Crippen molar-refractivity contribution in [3.63, 3.8) is 0 Å². The van der Waals surface area contributed by atoms with Crippen LogP contribution >= 0.6 is 11.6 Å². The molecule has 0 bridgehead atoms. The molecular weight excluding hydrogens is 352 g/mol. The smallest absolute Gasteiger partial charge is 0.258 e. The van der Waals surface area contributed by atoms with Crippen LogP contribution in [0.15, 0.2) is 53.4 Å². The summed E-state index contributed by atoms with van der Waals surface area (Å²) in [5, 5.41) is 11.7. The van der Waals surface area contributed by atoms with Crippen LogP contribution in [0.25, 0.3) is 0 Å². The second-order valence-corrected chi connectivity index (χ2v) is 7.86. The largest absolute Gasteiger partial charge is 0.289 e. The predicted octanol–water partition coefficient (Wildman–Crippen LogP) is 3.61. The molecular formula is C16H15ClN2O4S. The fraction of sp³-hybridized carbons (Fsp3) is 0.250. The SMILES string of the molecule is O=[N+]([O-])c1ccccc1S(=O)(=O)NC1(c2ccc(Cl)cc2)CCC1. The maximum Gasteiger partial charge on any atom is 0.289 e. The van der Waals surface area contributed by atoms with Gasteiger partial charge in [0.25, 0.3) is 5.69 Å². The number of sulfonamides is 1. The number of rotatable bonds is 5. The Bertz CT molecular complexity index is 877. The Morgan fingerprint density at radius 1 is 1.08 bits per heavy atom. The molecule has 0 aliphatic heterocycles. The van der Waals surface area contributed by atoms with Crippen LogP contribution < -0.4 is 4.72 Å². The second kappa shape index (κ2) is 6.16. The van der Waals surface area contributed by atoms with Gasteiger partial charge < -0.3 is 0 Å². The number of hydrogen-bond acceptors (Lipinski definition) is 4. The molecule has 0 unspecified atom stereocenters. The average Bonchev–Trinajstić information content (AvgIpc) is 2.52. The quantitative estimate of drug-likeness (QED) is 0.646. The minimum absolute atomic E-state index is 0.324. The minimum Gasteiger partial charge on any atom is -0.258 e. The Morgan fingerprint density at radius 3 is 2.25 bits per heavy atom. The molecule has 0 aromatic heterocycles. The van der Waals surface area contributed by atoms with E-state index >= 15 is 0 Å². The number of halogens is 1. The maximum atomic E-state index is 12.8. The molecule has 24 heavy (non-hydrogen) atoms. The van der Waals surface area contributed by atoms with Crippen molar-refractivity contribution in [1.29, 1.82) is 0 Å². The Labute approximate surface area is 144 Å². The Kier molecular flexibility index (Phi) is 4.33. The van der Waals surface area contributed by atoms with Crippen LogP contribution in [-0.4, -0.2) is 13.3 Å². The monoisotopic (exact) mass is 366 g/mol. The molecule has 0 radical (unpaired) electrons. The van der Waals surface area contributed by atoms with E-state index in [-0.39, 0.29) is 4.90 Å². The zero-order chi connectivity index (χ0) is 17.4. The number of para-hydroxylation sites is 1. The van der Waals surface area contributed by atoms with E-state index in [0.717, 1.165) is 12.0 Å². The summed E-state index contributed by atoms with van der Waals surface area (Å²) >= 11 is 5.89. The van der Waals surface area contributed by atoms with Gasteiger partial charge in [-0.2, -0.15) is 0 Å². The van der Waals surface area contributed by atoms with Crippen molar-refractivity contribution in [2.24, 2.45) is 0 Å². The lowest BCUT2D eigenvalue weighted by Crippen LogP contribution is -2.50. The third kappa shape index (κ3) is 3.02. The van der Waals surface area contributed by atoms with Crippen LogP contribution in [0.2, 0.25) is 5.02 Å². The molecule has 1 aliphatic rings. The molecule has 1 N–H and O–H groups in total. The first-order valence-corrected chi connectivity index (χ1v) is 9.24. The lowest BCUT2D eigenvalue weighted by molar-refractivity contribution is -0.387. The van der Waals surface area contributed by atoms with E-state index in [9.17, 15) is 18.5 Å². The molecule has 0 heterocycles. The predicted molar refractivity (Wildman–Crippen MR) is 90.4 cm³/mol. The van der Waals surface area contributed by atoms with Crippen molar-refractivity contribution in [1.82, 2.24) is 4.72 Å². The van der Waals surface area contributed by atoms with Crippen molar-refractivity contribution in [2.75, 3.05) is 0 Å². The van der Waals surface area contributed by atoms with Gasteiger partial charge in [-0.1, -0.05) is 35.9 Å². The molecule has 6 nitrogen and oxygen atoms in total. The summed E-state index contributed by atoms with van der Waals surface area (Å²) < 4.78 is 28.2. The minimum atomic E-state index is -4.04. The Morgan fingerprint density at radius 2 is 1.71 bits per heavy atom. The van der Waals surface area contributed by atoms with Gasteiger partial charge in [0.2, 0.25) is 10.0 Å². The van der Waals surface area contributed by atoms with Crippen molar-refractivity contribution in [3.8, 4) is 0 Å². The molecule has 3 rings (SSSR count). The van der Waals surface area contributed by atoms with Gasteiger partial charge in [0.15, 0.2) is 4.90 Å². The van der Waals surface area contributed by atoms with E-state index in [1.54, 1.807) is 24.3 Å². The molecule has 1 saturated carbocycles. The van der Waals surface area contributed by atoms with Crippen LogP contribution in [0.3, 0.4) is 0 Å². The lowest BCUT2D eigenvalue weighted by Gasteiger charge is -2.42. The highest BCUT2D eigenvalue weighted by Crippen LogP contribution is 2.43. The van der Waals surface area contributed by atoms with E-state index in [1.165, 1.54) is 24.3 Å². The summed E-state index contributed by atoms with van der Waals surface area (Å²) in [5.41, 5.74) is -0.372. The molecule has 1 fully saturated rings. The molecule has 126 valence electrons. The normalized spacial score (nSPS) is 16.4. The summed E-state index contributed by atoms with van der Waals surface area (Å²) in [6, 6.07) is 12.3. The number of hydrogen-bond donors (Lipinski definition) is 1. The summed E-state index contributed by atoms with van der Waals surface area (Å²) in [7, 11) is -4.04. The molecule has 1 aliphatic carbocycles. The van der Waals surface area contributed by atoms with Crippen molar-refractivity contribution >= 4 is 27.3 Å². The molecule has 8 heteroatoms. The number of nitrogens with one attached hydrogen (secondary N) is 1. The zero-order valence-electron chi connectivity index (χ0n) is 12.6. The van der Waals surface area contributed by atoms with Gasteiger partial charge >= 0.3 is 0 Å². The average molecular weight is 367 g/mol. The maximum absolute atomic E-state index is 12.8. The first-order chi connectivity index (χ1) is 11.3. The van der Waals surface area contributed by atoms with Crippen LogP contribution in [0.5, 0.6) is 0 Å². The first-order valence-electron chi connectivity index (χ1n) is 7.38. The van der Waals surface area contributed by atoms with E-state index in [1.807, 2.05) is 0 Å². The molecule has 0 amide bonds. The van der Waals surface area contributed by atoms with Crippen LogP contribution in [0.1, 0.15) is 24.8 Å². The van der Waals surface area contributed by atoms with Gasteiger partial charge in [-0.3, -0.25) is 10.1 Å². The molecule has 2 aromatic carbocycles. The van der Waals surface area contributed by atoms with E-state index < -0.39 is 26.2 Å². The summed E-state index contributed by atoms with van der Waals surface area (Å²) in [6.45, 7) is 0. The van der Waals surface area contributed by atoms with Crippen LogP contribution in [-0.2, 0) is 15.6 Å². The van der Waals surface area contributed by atoms with Gasteiger partial charge in [-0.25, -0.2) is 13.1 Å². The van der Waals surface area contributed by atoms with E-state index in [2.05, 4.69) is 4.72 Å². The van der Waals surface area contributed by atoms with Gasteiger partial charge in [0, 0.05) is 11.1 Å². The van der Waals surface area contributed by atoms with Crippen molar-refractivity contribution in [2.45, 2.75) is 29.7 Å². The van der Waals surface area contributed by atoms with Gasteiger partial charge in [0.1, 0.15) is 0 Å². The fourth-order valence-electron chi connectivity index (χ4n) is 2.90. The fourth-order valence-corrected chi connectivity index (χ4v) is 4.64. The van der Waals surface area contributed by atoms with Crippen LogP contribution in [0, 0.1) is 10.1 Å². The Balaban J connectivity index is 1.99. The first kappa shape index (κ1) is 16.9. The lowest BCUT2D eigenvalue weighted by atomic mass is 9.73. The summed E-state index contributed by atoms with van der Waals surface area (Å²) in [4.78, 5) is 10.1. The molecule has 0 atom stereocenters. The number of nitro benzene ring substituents is 1. The van der Waals surface area contributed by atoms with E-state index in [0.29, 0.717) is 17.9 Å². The van der Waals surface area contributed by atoms with Gasteiger partial charge in [-0.15, -0.1) is 0 Å². The summed E-state index contributed by atoms with van der Waals surface area (Å²) in [5.74, 6) is 0. The van der Waals surface area contributed by atoms with Crippen molar-refractivity contribution < 1.29 is 13.3 Å². The van der Waals surface area contributed by atoms with Gasteiger partial charge in [0.05, 0.1) is 10.5 Å².